The van der Waals surface area contributed by atoms with E-state index in [0.717, 1.165) is 0 Å². The number of piperidine rings is 1. The van der Waals surface area contributed by atoms with Gasteiger partial charge in [0.25, 0.3) is 0 Å². The summed E-state index contributed by atoms with van der Waals surface area (Å²) in [5, 5.41) is 10.8. The highest BCUT2D eigenvalue weighted by molar-refractivity contribution is 5.91. The van der Waals surface area contributed by atoms with Crippen LogP contribution in [0, 0.1) is 0 Å². The predicted octanol–water partition coefficient (Wildman–Crippen LogP) is 3.11. The molecule has 0 amide bonds. The first-order chi connectivity index (χ1) is 18.0. The number of aliphatic hydroxyl groups is 1. The number of carbonyl (C=O) groups is 3. The zero-order chi connectivity index (χ0) is 25.8. The van der Waals surface area contributed by atoms with Crippen LogP contribution < -0.4 is 0 Å². The van der Waals surface area contributed by atoms with Gasteiger partial charge in [0, 0.05) is 13.1 Å². The lowest BCUT2D eigenvalue weighted by Crippen LogP contribution is -2.64. The van der Waals surface area contributed by atoms with Crippen LogP contribution in [0.15, 0.2) is 91.0 Å². The standard InChI is InChI=1S/C29H27NO7/c31-22-16-17-30-18-23(35-27(32)19-10-4-1-5-11-19)25(36-28(33)20-12-6-2-7-13-20)26(24(22)30)37-29(34)21-14-8-3-9-15-21/h1-15,22-26,31H,16-18H2. The molecule has 8 heteroatoms. The van der Waals surface area contributed by atoms with Crippen molar-refractivity contribution in [1.29, 1.82) is 0 Å². The van der Waals surface area contributed by atoms with Gasteiger partial charge >= 0.3 is 17.9 Å². The van der Waals surface area contributed by atoms with Crippen molar-refractivity contribution in [3.63, 3.8) is 0 Å². The van der Waals surface area contributed by atoms with Crippen LogP contribution in [-0.4, -0.2) is 71.5 Å². The van der Waals surface area contributed by atoms with E-state index >= 15 is 0 Å². The highest BCUT2D eigenvalue weighted by Crippen LogP contribution is 2.34. The van der Waals surface area contributed by atoms with Crippen LogP contribution in [-0.2, 0) is 14.2 Å². The van der Waals surface area contributed by atoms with Gasteiger partial charge in [-0.1, -0.05) is 54.6 Å². The van der Waals surface area contributed by atoms with Gasteiger partial charge in [-0.25, -0.2) is 14.4 Å². The first kappa shape index (κ1) is 24.7. The molecule has 5 unspecified atom stereocenters. The van der Waals surface area contributed by atoms with Gasteiger partial charge in [0.2, 0.25) is 0 Å². The van der Waals surface area contributed by atoms with Gasteiger partial charge < -0.3 is 19.3 Å². The van der Waals surface area contributed by atoms with E-state index in [1.807, 2.05) is 4.90 Å². The molecule has 5 atom stereocenters. The van der Waals surface area contributed by atoms with E-state index in [2.05, 4.69) is 0 Å². The number of hydrogen-bond acceptors (Lipinski definition) is 8. The minimum atomic E-state index is -1.14. The number of rotatable bonds is 6. The molecule has 0 saturated carbocycles. The molecule has 5 rings (SSSR count). The molecule has 1 N–H and O–H groups in total. The number of hydrogen-bond donors (Lipinski definition) is 1. The summed E-state index contributed by atoms with van der Waals surface area (Å²) in [5.41, 5.74) is 0.966. The van der Waals surface area contributed by atoms with Crippen LogP contribution in [0.5, 0.6) is 0 Å². The summed E-state index contributed by atoms with van der Waals surface area (Å²) in [7, 11) is 0. The SMILES string of the molecule is O=C(OC1CN2CCC(O)C2C(OC(=O)c2ccccc2)C1OC(=O)c1ccccc1)c1ccccc1. The summed E-state index contributed by atoms with van der Waals surface area (Å²) in [6.07, 6.45) is -3.50. The molecule has 2 fully saturated rings. The zero-order valence-corrected chi connectivity index (χ0v) is 20.0. The number of carbonyl (C=O) groups excluding carboxylic acids is 3. The Morgan fingerprint density at radius 3 is 1.57 bits per heavy atom. The fourth-order valence-electron chi connectivity index (χ4n) is 4.94. The first-order valence-corrected chi connectivity index (χ1v) is 12.2. The zero-order valence-electron chi connectivity index (χ0n) is 20.0. The van der Waals surface area contributed by atoms with Crippen molar-refractivity contribution in [2.45, 2.75) is 36.9 Å². The number of ether oxygens (including phenoxy) is 3. The summed E-state index contributed by atoms with van der Waals surface area (Å²) in [4.78, 5) is 41.1. The molecule has 37 heavy (non-hydrogen) atoms. The molecule has 0 aliphatic carbocycles. The van der Waals surface area contributed by atoms with Gasteiger partial charge in [0.15, 0.2) is 18.3 Å². The third-order valence-electron chi connectivity index (χ3n) is 6.74. The predicted molar refractivity (Wildman–Crippen MR) is 133 cm³/mol. The van der Waals surface area contributed by atoms with E-state index in [1.54, 1.807) is 91.0 Å². The lowest BCUT2D eigenvalue weighted by molar-refractivity contribution is -0.149. The number of nitrogens with zero attached hydrogens (tertiary/aromatic N) is 1. The minimum absolute atomic E-state index is 0.215. The smallest absolute Gasteiger partial charge is 0.338 e. The second-order valence-corrected chi connectivity index (χ2v) is 9.12. The molecule has 3 aromatic rings. The summed E-state index contributed by atoms with van der Waals surface area (Å²) in [6.45, 7) is 0.733. The number of fused-ring (bicyclic) bond motifs is 1. The Morgan fingerprint density at radius 1 is 0.649 bits per heavy atom. The maximum atomic E-state index is 13.1. The molecule has 2 saturated heterocycles. The largest absolute Gasteiger partial charge is 0.453 e. The van der Waals surface area contributed by atoms with E-state index in [-0.39, 0.29) is 6.54 Å². The van der Waals surface area contributed by atoms with E-state index in [9.17, 15) is 19.5 Å². The number of benzene rings is 3. The molecular formula is C29H27NO7. The van der Waals surface area contributed by atoms with Crippen LogP contribution in [0.25, 0.3) is 0 Å². The van der Waals surface area contributed by atoms with Crippen molar-refractivity contribution in [3.8, 4) is 0 Å². The average Bonchev–Trinajstić information content (AvgIpc) is 3.31. The number of esters is 3. The topological polar surface area (TPSA) is 102 Å². The van der Waals surface area contributed by atoms with E-state index in [0.29, 0.717) is 29.7 Å². The lowest BCUT2D eigenvalue weighted by atomic mass is 9.92. The Balaban J connectivity index is 1.48. The third-order valence-corrected chi connectivity index (χ3v) is 6.74. The first-order valence-electron chi connectivity index (χ1n) is 12.2. The van der Waals surface area contributed by atoms with E-state index < -0.39 is 48.4 Å². The van der Waals surface area contributed by atoms with Crippen LogP contribution in [0.2, 0.25) is 0 Å². The van der Waals surface area contributed by atoms with Crippen LogP contribution in [0.4, 0.5) is 0 Å². The highest BCUT2D eigenvalue weighted by atomic mass is 16.6. The molecule has 0 bridgehead atoms. The highest BCUT2D eigenvalue weighted by Gasteiger charge is 2.54. The fraction of sp³-hybridized carbons (Fsp3) is 0.276. The van der Waals surface area contributed by atoms with Gasteiger partial charge in [-0.05, 0) is 42.8 Å². The Labute approximate surface area is 214 Å². The summed E-state index contributed by atoms with van der Waals surface area (Å²) >= 11 is 0. The normalized spacial score (nSPS) is 25.1. The van der Waals surface area contributed by atoms with Crippen molar-refractivity contribution >= 4 is 17.9 Å². The minimum Gasteiger partial charge on any atom is -0.453 e. The quantitative estimate of drug-likeness (QED) is 0.406. The molecule has 3 aromatic carbocycles. The maximum absolute atomic E-state index is 13.1. The number of aliphatic hydroxyl groups excluding tert-OH is 1. The maximum Gasteiger partial charge on any atom is 0.338 e. The Morgan fingerprint density at radius 2 is 1.08 bits per heavy atom. The van der Waals surface area contributed by atoms with Crippen LogP contribution in [0.3, 0.4) is 0 Å². The Kier molecular flexibility index (Phi) is 7.30. The van der Waals surface area contributed by atoms with Crippen molar-refractivity contribution in [3.05, 3.63) is 108 Å². The van der Waals surface area contributed by atoms with Crippen molar-refractivity contribution in [1.82, 2.24) is 4.90 Å². The fourth-order valence-corrected chi connectivity index (χ4v) is 4.94. The Hall–Kier alpha value is -4.01. The van der Waals surface area contributed by atoms with Crippen molar-refractivity contribution < 1.29 is 33.7 Å². The molecular weight excluding hydrogens is 474 g/mol. The molecule has 0 aromatic heterocycles. The Bertz CT molecular complexity index is 1230. The van der Waals surface area contributed by atoms with Gasteiger partial charge in [-0.15, -0.1) is 0 Å². The summed E-state index contributed by atoms with van der Waals surface area (Å²) in [5.74, 6) is -1.86. The third kappa shape index (κ3) is 5.40. The molecule has 8 nitrogen and oxygen atoms in total. The average molecular weight is 502 g/mol. The van der Waals surface area contributed by atoms with E-state index in [4.69, 9.17) is 14.2 Å². The molecule has 0 radical (unpaired) electrons. The molecule has 2 aliphatic rings. The summed E-state index contributed by atoms with van der Waals surface area (Å²) < 4.78 is 17.7. The monoisotopic (exact) mass is 501 g/mol. The molecule has 190 valence electrons. The molecule has 0 spiro atoms. The second kappa shape index (κ2) is 10.9. The van der Waals surface area contributed by atoms with E-state index in [1.165, 1.54) is 0 Å². The van der Waals surface area contributed by atoms with Gasteiger partial charge in [-0.3, -0.25) is 4.90 Å². The van der Waals surface area contributed by atoms with Crippen LogP contribution in [0.1, 0.15) is 37.5 Å². The molecule has 2 aliphatic heterocycles. The van der Waals surface area contributed by atoms with Gasteiger partial charge in [0.05, 0.1) is 28.8 Å². The second-order valence-electron chi connectivity index (χ2n) is 9.12. The van der Waals surface area contributed by atoms with Crippen molar-refractivity contribution in [2.75, 3.05) is 13.1 Å². The van der Waals surface area contributed by atoms with Gasteiger partial charge in [0.1, 0.15) is 0 Å². The molecule has 2 heterocycles. The lowest BCUT2D eigenvalue weighted by Gasteiger charge is -2.45. The van der Waals surface area contributed by atoms with Crippen molar-refractivity contribution in [2.24, 2.45) is 0 Å². The van der Waals surface area contributed by atoms with Gasteiger partial charge in [-0.2, -0.15) is 0 Å². The van der Waals surface area contributed by atoms with Crippen LogP contribution >= 0.6 is 0 Å². The summed E-state index contributed by atoms with van der Waals surface area (Å²) in [6, 6.07) is 24.7.